The van der Waals surface area contributed by atoms with Gasteiger partial charge in [0.2, 0.25) is 5.91 Å². The second kappa shape index (κ2) is 4.13. The number of carbonyl (C=O) groups excluding carboxylic acids is 2. The van der Waals surface area contributed by atoms with Crippen molar-refractivity contribution in [2.75, 3.05) is 5.32 Å². The van der Waals surface area contributed by atoms with Crippen LogP contribution in [0.4, 0.5) is 5.69 Å². The van der Waals surface area contributed by atoms with Crippen LogP contribution >= 0.6 is 0 Å². The summed E-state index contributed by atoms with van der Waals surface area (Å²) in [4.78, 5) is 21.7. The van der Waals surface area contributed by atoms with Crippen LogP contribution in [0.25, 0.3) is 0 Å². The van der Waals surface area contributed by atoms with Crippen molar-refractivity contribution in [2.24, 2.45) is 0 Å². The predicted molar refractivity (Wildman–Crippen MR) is 57.3 cm³/mol. The topological polar surface area (TPSA) is 66.4 Å². The van der Waals surface area contributed by atoms with E-state index in [1.54, 1.807) is 13.8 Å². The third kappa shape index (κ3) is 2.15. The molecular weight excluding hydrogens is 194 g/mol. The molecule has 0 saturated carbocycles. The van der Waals surface area contributed by atoms with Crippen LogP contribution < -0.4 is 5.32 Å². The lowest BCUT2D eigenvalue weighted by atomic mass is 10.0. The molecule has 1 amide bonds. The maximum atomic E-state index is 10.9. The van der Waals surface area contributed by atoms with Crippen LogP contribution in [0.15, 0.2) is 6.07 Å². The highest BCUT2D eigenvalue weighted by molar-refractivity contribution is 5.94. The van der Waals surface area contributed by atoms with E-state index >= 15 is 0 Å². The number of aromatic hydroxyl groups is 1. The molecule has 1 aromatic carbocycles. The van der Waals surface area contributed by atoms with Gasteiger partial charge in [-0.1, -0.05) is 0 Å². The van der Waals surface area contributed by atoms with Crippen LogP contribution in [0, 0.1) is 13.8 Å². The number of anilines is 1. The molecule has 2 N–H and O–H groups in total. The van der Waals surface area contributed by atoms with Crippen molar-refractivity contribution in [1.29, 1.82) is 0 Å². The highest BCUT2D eigenvalue weighted by atomic mass is 16.3. The first kappa shape index (κ1) is 11.2. The monoisotopic (exact) mass is 207 g/mol. The van der Waals surface area contributed by atoms with E-state index in [1.165, 1.54) is 13.0 Å². The van der Waals surface area contributed by atoms with Crippen molar-refractivity contribution in [2.45, 2.75) is 20.8 Å². The highest BCUT2D eigenvalue weighted by Gasteiger charge is 2.12. The average molecular weight is 207 g/mol. The first-order chi connectivity index (χ1) is 6.97. The number of rotatable bonds is 2. The average Bonchev–Trinajstić information content (AvgIpc) is 2.12. The zero-order chi connectivity index (χ0) is 11.6. The summed E-state index contributed by atoms with van der Waals surface area (Å²) in [5.41, 5.74) is 2.07. The minimum Gasteiger partial charge on any atom is -0.506 e. The Kier molecular flexibility index (Phi) is 3.09. The van der Waals surface area contributed by atoms with E-state index in [2.05, 4.69) is 5.32 Å². The second-order valence-electron chi connectivity index (χ2n) is 3.43. The molecule has 0 saturated heterocycles. The molecule has 0 aromatic heterocycles. The quantitative estimate of drug-likeness (QED) is 0.573. The Morgan fingerprint density at radius 3 is 2.53 bits per heavy atom. The van der Waals surface area contributed by atoms with Crippen molar-refractivity contribution >= 4 is 17.9 Å². The Hall–Kier alpha value is -1.84. The summed E-state index contributed by atoms with van der Waals surface area (Å²) >= 11 is 0. The number of hydrogen-bond acceptors (Lipinski definition) is 3. The Labute approximate surface area is 87.9 Å². The molecule has 0 aliphatic rings. The molecule has 0 atom stereocenters. The fourth-order valence-corrected chi connectivity index (χ4v) is 1.49. The number of phenolic OH excluding ortho intramolecular Hbond substituents is 1. The molecule has 0 spiro atoms. The number of phenols is 1. The van der Waals surface area contributed by atoms with E-state index in [0.29, 0.717) is 22.4 Å². The molecule has 0 radical (unpaired) electrons. The van der Waals surface area contributed by atoms with Gasteiger partial charge in [-0.05, 0) is 31.0 Å². The third-order valence-electron chi connectivity index (χ3n) is 2.23. The lowest BCUT2D eigenvalue weighted by Crippen LogP contribution is -2.09. The molecule has 0 heterocycles. The summed E-state index contributed by atoms with van der Waals surface area (Å²) in [6, 6.07) is 1.46. The fraction of sp³-hybridized carbons (Fsp3) is 0.273. The van der Waals surface area contributed by atoms with Gasteiger partial charge in [0.15, 0.2) is 6.29 Å². The van der Waals surface area contributed by atoms with E-state index < -0.39 is 0 Å². The SMILES string of the molecule is CC(=O)Nc1c(O)cc(C)c(C=O)c1C. The van der Waals surface area contributed by atoms with Gasteiger partial charge in [-0.15, -0.1) is 0 Å². The molecule has 0 aliphatic heterocycles. The number of aldehydes is 1. The lowest BCUT2D eigenvalue weighted by molar-refractivity contribution is -0.114. The Morgan fingerprint density at radius 1 is 1.47 bits per heavy atom. The summed E-state index contributed by atoms with van der Waals surface area (Å²) in [5, 5.41) is 12.1. The highest BCUT2D eigenvalue weighted by Crippen LogP contribution is 2.31. The number of benzene rings is 1. The first-order valence-electron chi connectivity index (χ1n) is 4.53. The van der Waals surface area contributed by atoms with E-state index in [9.17, 15) is 14.7 Å². The van der Waals surface area contributed by atoms with Gasteiger partial charge in [-0.2, -0.15) is 0 Å². The molecular formula is C11H13NO3. The number of hydrogen-bond donors (Lipinski definition) is 2. The van der Waals surface area contributed by atoms with Gasteiger partial charge in [0.25, 0.3) is 0 Å². The van der Waals surface area contributed by atoms with Gasteiger partial charge >= 0.3 is 0 Å². The molecule has 4 nitrogen and oxygen atoms in total. The number of nitrogens with one attached hydrogen (secondary N) is 1. The van der Waals surface area contributed by atoms with Gasteiger partial charge < -0.3 is 10.4 Å². The van der Waals surface area contributed by atoms with Gasteiger partial charge in [-0.3, -0.25) is 9.59 Å². The van der Waals surface area contributed by atoms with E-state index in [0.717, 1.165) is 6.29 Å². The van der Waals surface area contributed by atoms with E-state index in [1.807, 2.05) is 0 Å². The second-order valence-corrected chi connectivity index (χ2v) is 3.43. The van der Waals surface area contributed by atoms with Gasteiger partial charge in [0.1, 0.15) is 5.75 Å². The zero-order valence-corrected chi connectivity index (χ0v) is 8.92. The van der Waals surface area contributed by atoms with Crippen LogP contribution in [-0.2, 0) is 4.79 Å². The number of carbonyl (C=O) groups is 2. The predicted octanol–water partition coefficient (Wildman–Crippen LogP) is 1.78. The molecule has 0 unspecified atom stereocenters. The lowest BCUT2D eigenvalue weighted by Gasteiger charge is -2.12. The van der Waals surface area contributed by atoms with Crippen molar-refractivity contribution in [1.82, 2.24) is 0 Å². The summed E-state index contributed by atoms with van der Waals surface area (Å²) < 4.78 is 0. The number of amides is 1. The molecule has 0 aliphatic carbocycles. The normalized spacial score (nSPS) is 9.80. The fourth-order valence-electron chi connectivity index (χ4n) is 1.49. The van der Waals surface area contributed by atoms with Crippen molar-refractivity contribution in [3.8, 4) is 5.75 Å². The van der Waals surface area contributed by atoms with E-state index in [-0.39, 0.29) is 11.7 Å². The summed E-state index contributed by atoms with van der Waals surface area (Å²) in [5.74, 6) is -0.306. The van der Waals surface area contributed by atoms with Crippen molar-refractivity contribution in [3.63, 3.8) is 0 Å². The molecule has 1 rings (SSSR count). The Balaban J connectivity index is 3.38. The van der Waals surface area contributed by atoms with Crippen LogP contribution in [0.2, 0.25) is 0 Å². The molecule has 0 fully saturated rings. The van der Waals surface area contributed by atoms with Crippen LogP contribution in [-0.4, -0.2) is 17.3 Å². The molecule has 80 valence electrons. The van der Waals surface area contributed by atoms with Gasteiger partial charge in [0, 0.05) is 12.5 Å². The zero-order valence-electron chi connectivity index (χ0n) is 8.92. The largest absolute Gasteiger partial charge is 0.506 e. The summed E-state index contributed by atoms with van der Waals surface area (Å²) in [6.45, 7) is 4.76. The van der Waals surface area contributed by atoms with Crippen molar-refractivity contribution in [3.05, 3.63) is 22.8 Å². The molecule has 1 aromatic rings. The van der Waals surface area contributed by atoms with Gasteiger partial charge in [-0.25, -0.2) is 0 Å². The van der Waals surface area contributed by atoms with Crippen LogP contribution in [0.3, 0.4) is 0 Å². The van der Waals surface area contributed by atoms with Crippen molar-refractivity contribution < 1.29 is 14.7 Å². The first-order valence-corrected chi connectivity index (χ1v) is 4.53. The van der Waals surface area contributed by atoms with E-state index in [4.69, 9.17) is 0 Å². The minimum absolute atomic E-state index is 0.0224. The third-order valence-corrected chi connectivity index (χ3v) is 2.23. The molecule has 15 heavy (non-hydrogen) atoms. The molecule has 4 heteroatoms. The summed E-state index contributed by atoms with van der Waals surface area (Å²) in [6.07, 6.45) is 0.718. The maximum Gasteiger partial charge on any atom is 0.221 e. The van der Waals surface area contributed by atoms with Gasteiger partial charge in [0.05, 0.1) is 5.69 Å². The summed E-state index contributed by atoms with van der Waals surface area (Å²) in [7, 11) is 0. The minimum atomic E-state index is -0.283. The Morgan fingerprint density at radius 2 is 2.07 bits per heavy atom. The number of aryl methyl sites for hydroxylation is 1. The smallest absolute Gasteiger partial charge is 0.221 e. The maximum absolute atomic E-state index is 10.9. The molecule has 0 bridgehead atoms. The Bertz CT molecular complexity index is 424. The van der Waals surface area contributed by atoms with Crippen LogP contribution in [0.1, 0.15) is 28.4 Å². The van der Waals surface area contributed by atoms with Crippen LogP contribution in [0.5, 0.6) is 5.75 Å². The standard InChI is InChI=1S/C11H13NO3/c1-6-4-10(15)11(12-8(3)14)7(2)9(6)5-13/h4-5,15H,1-3H3,(H,12,14).